The van der Waals surface area contributed by atoms with Crippen molar-refractivity contribution in [2.45, 2.75) is 18.9 Å². The van der Waals surface area contributed by atoms with Crippen LogP contribution in [-0.2, 0) is 6.42 Å². The summed E-state index contributed by atoms with van der Waals surface area (Å²) in [5.41, 5.74) is 1.28. The summed E-state index contributed by atoms with van der Waals surface area (Å²) in [4.78, 5) is 2.21. The summed E-state index contributed by atoms with van der Waals surface area (Å²) in [5, 5.41) is 3.38. The Bertz CT molecular complexity index is 369. The van der Waals surface area contributed by atoms with Crippen molar-refractivity contribution in [3.05, 3.63) is 28.2 Å². The van der Waals surface area contributed by atoms with Gasteiger partial charge in [0.15, 0.2) is 0 Å². The van der Waals surface area contributed by atoms with Gasteiger partial charge < -0.3 is 15.0 Å². The molecule has 0 aromatic heterocycles. The molecule has 0 fully saturated rings. The Morgan fingerprint density at radius 3 is 2.67 bits per heavy atom. The number of halogens is 1. The number of methoxy groups -OCH3 is 1. The van der Waals surface area contributed by atoms with Crippen molar-refractivity contribution in [2.75, 3.05) is 34.8 Å². The van der Waals surface area contributed by atoms with Crippen LogP contribution in [-0.4, -0.2) is 45.7 Å². The third-order valence-electron chi connectivity index (χ3n) is 3.05. The Balaban J connectivity index is 2.68. The first-order valence-electron chi connectivity index (χ1n) is 6.21. The van der Waals surface area contributed by atoms with E-state index in [1.807, 2.05) is 19.2 Å². The van der Waals surface area contributed by atoms with E-state index in [4.69, 9.17) is 4.74 Å². The topological polar surface area (TPSA) is 24.5 Å². The van der Waals surface area contributed by atoms with Crippen molar-refractivity contribution in [3.63, 3.8) is 0 Å². The second kappa shape index (κ2) is 7.77. The van der Waals surface area contributed by atoms with Crippen molar-refractivity contribution < 1.29 is 4.74 Å². The van der Waals surface area contributed by atoms with Gasteiger partial charge in [0.05, 0.1) is 7.11 Å². The van der Waals surface area contributed by atoms with Gasteiger partial charge in [0.2, 0.25) is 0 Å². The van der Waals surface area contributed by atoms with Gasteiger partial charge in [0.1, 0.15) is 5.75 Å². The van der Waals surface area contributed by atoms with E-state index in [1.54, 1.807) is 7.11 Å². The second-order valence-electron chi connectivity index (χ2n) is 4.74. The molecule has 3 nitrogen and oxygen atoms in total. The zero-order valence-corrected chi connectivity index (χ0v) is 13.3. The number of rotatable bonds is 7. The van der Waals surface area contributed by atoms with E-state index >= 15 is 0 Å². The predicted molar refractivity (Wildman–Crippen MR) is 80.4 cm³/mol. The monoisotopic (exact) mass is 314 g/mol. The second-order valence-corrected chi connectivity index (χ2v) is 5.59. The van der Waals surface area contributed by atoms with Crippen molar-refractivity contribution in [2.24, 2.45) is 0 Å². The molecule has 1 atom stereocenters. The highest BCUT2D eigenvalue weighted by Crippen LogP contribution is 2.24. The molecule has 4 heteroatoms. The van der Waals surface area contributed by atoms with Gasteiger partial charge in [-0.1, -0.05) is 15.9 Å². The van der Waals surface area contributed by atoms with Crippen LogP contribution in [0.2, 0.25) is 0 Å². The van der Waals surface area contributed by atoms with Crippen LogP contribution in [0.15, 0.2) is 22.7 Å². The van der Waals surface area contributed by atoms with E-state index in [-0.39, 0.29) is 0 Å². The molecule has 18 heavy (non-hydrogen) atoms. The third kappa shape index (κ3) is 4.96. The van der Waals surface area contributed by atoms with Gasteiger partial charge in [-0.3, -0.25) is 0 Å². The maximum absolute atomic E-state index is 5.27. The molecule has 1 aromatic carbocycles. The van der Waals surface area contributed by atoms with Crippen molar-refractivity contribution in [1.29, 1.82) is 0 Å². The summed E-state index contributed by atoms with van der Waals surface area (Å²) >= 11 is 3.60. The molecule has 1 aromatic rings. The Labute approximate surface area is 119 Å². The van der Waals surface area contributed by atoms with Gasteiger partial charge in [-0.25, -0.2) is 0 Å². The van der Waals surface area contributed by atoms with Gasteiger partial charge >= 0.3 is 0 Å². The number of nitrogens with one attached hydrogen (secondary N) is 1. The fraction of sp³-hybridized carbons (Fsp3) is 0.571. The number of hydrogen-bond donors (Lipinski definition) is 1. The maximum atomic E-state index is 5.27. The molecule has 1 rings (SSSR count). The molecule has 1 N–H and O–H groups in total. The first kappa shape index (κ1) is 15.5. The summed E-state index contributed by atoms with van der Waals surface area (Å²) < 4.78 is 6.42. The summed E-state index contributed by atoms with van der Waals surface area (Å²) in [6.45, 7) is 1.09. The first-order valence-corrected chi connectivity index (χ1v) is 7.00. The van der Waals surface area contributed by atoms with Gasteiger partial charge in [-0.05, 0) is 64.3 Å². The molecule has 0 radical (unpaired) electrons. The van der Waals surface area contributed by atoms with Gasteiger partial charge in [-0.2, -0.15) is 0 Å². The zero-order chi connectivity index (χ0) is 13.5. The zero-order valence-electron chi connectivity index (χ0n) is 11.7. The molecule has 1 unspecified atom stereocenters. The lowest BCUT2D eigenvalue weighted by molar-refractivity contribution is 0.363. The standard InChI is InChI=1S/C14H23BrN2O/c1-16-12(7-8-17(2)3)9-11-10-13(18-4)5-6-14(11)15/h5-6,10,12,16H,7-9H2,1-4H3. The van der Waals surface area contributed by atoms with Gasteiger partial charge in [-0.15, -0.1) is 0 Å². The Hall–Kier alpha value is -0.580. The highest BCUT2D eigenvalue weighted by Gasteiger charge is 2.11. The van der Waals surface area contributed by atoms with Crippen LogP contribution in [0, 0.1) is 0 Å². The normalized spacial score (nSPS) is 12.8. The van der Waals surface area contributed by atoms with Crippen LogP contribution in [0.1, 0.15) is 12.0 Å². The summed E-state index contributed by atoms with van der Waals surface area (Å²) in [6.07, 6.45) is 2.13. The van der Waals surface area contributed by atoms with Crippen LogP contribution in [0.5, 0.6) is 5.75 Å². The third-order valence-corrected chi connectivity index (χ3v) is 3.83. The molecule has 0 saturated heterocycles. The van der Waals surface area contributed by atoms with Crippen LogP contribution in [0.4, 0.5) is 0 Å². The quantitative estimate of drug-likeness (QED) is 0.837. The smallest absolute Gasteiger partial charge is 0.119 e. The lowest BCUT2D eigenvalue weighted by Gasteiger charge is -2.19. The Morgan fingerprint density at radius 1 is 1.39 bits per heavy atom. The molecule has 0 bridgehead atoms. The largest absolute Gasteiger partial charge is 0.497 e. The van der Waals surface area contributed by atoms with E-state index in [1.165, 1.54) is 5.56 Å². The minimum Gasteiger partial charge on any atom is -0.497 e. The fourth-order valence-corrected chi connectivity index (χ4v) is 2.27. The SMILES string of the molecule is CNC(CCN(C)C)Cc1cc(OC)ccc1Br. The molecular weight excluding hydrogens is 292 g/mol. The molecule has 0 aliphatic carbocycles. The van der Waals surface area contributed by atoms with E-state index in [2.05, 4.69) is 46.3 Å². The maximum Gasteiger partial charge on any atom is 0.119 e. The molecular formula is C14H23BrN2O. The summed E-state index contributed by atoms with van der Waals surface area (Å²) in [6, 6.07) is 6.61. The van der Waals surface area contributed by atoms with Crippen LogP contribution >= 0.6 is 15.9 Å². The average molecular weight is 315 g/mol. The van der Waals surface area contributed by atoms with Crippen molar-refractivity contribution in [1.82, 2.24) is 10.2 Å². The average Bonchev–Trinajstić information content (AvgIpc) is 2.36. The molecule has 102 valence electrons. The van der Waals surface area contributed by atoms with Crippen molar-refractivity contribution in [3.8, 4) is 5.75 Å². The number of nitrogens with zero attached hydrogens (tertiary/aromatic N) is 1. The van der Waals surface area contributed by atoms with E-state index < -0.39 is 0 Å². The number of likely N-dealkylation sites (N-methyl/N-ethyl adjacent to an activating group) is 1. The van der Waals surface area contributed by atoms with Gasteiger partial charge in [0.25, 0.3) is 0 Å². The minimum absolute atomic E-state index is 0.482. The highest BCUT2D eigenvalue weighted by molar-refractivity contribution is 9.10. The molecule has 0 aliphatic heterocycles. The highest BCUT2D eigenvalue weighted by atomic mass is 79.9. The molecule has 0 amide bonds. The van der Waals surface area contributed by atoms with Crippen LogP contribution in [0.3, 0.4) is 0 Å². The molecule has 0 saturated carbocycles. The van der Waals surface area contributed by atoms with Crippen LogP contribution < -0.4 is 10.1 Å². The van der Waals surface area contributed by atoms with E-state index in [0.29, 0.717) is 6.04 Å². The van der Waals surface area contributed by atoms with E-state index in [9.17, 15) is 0 Å². The molecule has 0 aliphatic rings. The molecule has 0 spiro atoms. The molecule has 0 heterocycles. The Kier molecular flexibility index (Phi) is 6.68. The predicted octanol–water partition coefficient (Wildman–Crippen LogP) is 2.54. The lowest BCUT2D eigenvalue weighted by Crippen LogP contribution is -2.31. The van der Waals surface area contributed by atoms with Crippen LogP contribution in [0.25, 0.3) is 0 Å². The summed E-state index contributed by atoms with van der Waals surface area (Å²) in [5.74, 6) is 0.913. The minimum atomic E-state index is 0.482. The number of hydrogen-bond acceptors (Lipinski definition) is 3. The van der Waals surface area contributed by atoms with Gasteiger partial charge in [0, 0.05) is 10.5 Å². The number of benzene rings is 1. The lowest BCUT2D eigenvalue weighted by atomic mass is 10.0. The first-order chi connectivity index (χ1) is 8.56. The van der Waals surface area contributed by atoms with Crippen molar-refractivity contribution >= 4 is 15.9 Å². The van der Waals surface area contributed by atoms with E-state index in [0.717, 1.165) is 29.6 Å². The number of ether oxygens (including phenoxy) is 1. The fourth-order valence-electron chi connectivity index (χ4n) is 1.86. The summed E-state index contributed by atoms with van der Waals surface area (Å²) in [7, 11) is 7.94. The Morgan fingerprint density at radius 2 is 2.11 bits per heavy atom.